The summed E-state index contributed by atoms with van der Waals surface area (Å²) in [7, 11) is 0. The molecule has 1 amide bonds. The summed E-state index contributed by atoms with van der Waals surface area (Å²) in [6.07, 6.45) is 5.09. The molecule has 34 heavy (non-hydrogen) atoms. The van der Waals surface area contributed by atoms with Gasteiger partial charge in [0.15, 0.2) is 0 Å². The first-order valence-electron chi connectivity index (χ1n) is 11.5. The molecule has 178 valence electrons. The van der Waals surface area contributed by atoms with Crippen molar-refractivity contribution in [1.29, 1.82) is 0 Å². The minimum Gasteiger partial charge on any atom is -0.493 e. The highest BCUT2D eigenvalue weighted by Gasteiger charge is 2.22. The normalized spacial score (nSPS) is 14.8. The first kappa shape index (κ1) is 23.8. The Morgan fingerprint density at radius 2 is 2.09 bits per heavy atom. The smallest absolute Gasteiger partial charge is 0.249 e. The summed E-state index contributed by atoms with van der Waals surface area (Å²) in [4.78, 5) is 14.7. The van der Waals surface area contributed by atoms with Crippen LogP contribution < -0.4 is 9.47 Å². The molecule has 0 fully saturated rings. The maximum atomic E-state index is 13.1. The second-order valence-corrected chi connectivity index (χ2v) is 8.54. The lowest BCUT2D eigenvalue weighted by Crippen LogP contribution is -2.29. The average Bonchev–Trinajstić information content (AvgIpc) is 3.42. The van der Waals surface area contributed by atoms with E-state index in [-0.39, 0.29) is 18.6 Å². The number of amides is 1. The molecule has 0 N–H and O–H groups in total. The number of hydrogen-bond donors (Lipinski definition) is 0. The Hall–Kier alpha value is -3.32. The predicted octanol–water partition coefficient (Wildman–Crippen LogP) is 5.56. The molecule has 0 bridgehead atoms. The van der Waals surface area contributed by atoms with Crippen LogP contribution in [-0.4, -0.2) is 40.3 Å². The van der Waals surface area contributed by atoms with Crippen molar-refractivity contribution in [2.75, 3.05) is 13.2 Å². The maximum absolute atomic E-state index is 13.1. The fourth-order valence-electron chi connectivity index (χ4n) is 3.89. The van der Waals surface area contributed by atoms with Gasteiger partial charge in [-0.1, -0.05) is 30.7 Å². The third-order valence-corrected chi connectivity index (χ3v) is 5.77. The summed E-state index contributed by atoms with van der Waals surface area (Å²) >= 11 is 6.23. The largest absolute Gasteiger partial charge is 0.493 e. The van der Waals surface area contributed by atoms with Gasteiger partial charge in [-0.05, 0) is 50.6 Å². The van der Waals surface area contributed by atoms with Gasteiger partial charge in [0, 0.05) is 30.2 Å². The van der Waals surface area contributed by atoms with Crippen LogP contribution in [0, 0.1) is 0 Å². The molecule has 3 aromatic rings. The second kappa shape index (κ2) is 10.7. The van der Waals surface area contributed by atoms with Crippen molar-refractivity contribution in [2.45, 2.75) is 46.3 Å². The number of halogens is 1. The molecule has 2 heterocycles. The van der Waals surface area contributed by atoms with E-state index in [2.05, 4.69) is 10.2 Å². The zero-order valence-electron chi connectivity index (χ0n) is 19.6. The van der Waals surface area contributed by atoms with E-state index < -0.39 is 0 Å². The van der Waals surface area contributed by atoms with Crippen LogP contribution in [0.15, 0.2) is 46.9 Å². The van der Waals surface area contributed by atoms with Crippen LogP contribution in [0.2, 0.25) is 5.02 Å². The van der Waals surface area contributed by atoms with Gasteiger partial charge in [-0.2, -0.15) is 0 Å². The second-order valence-electron chi connectivity index (χ2n) is 8.14. The van der Waals surface area contributed by atoms with Gasteiger partial charge >= 0.3 is 0 Å². The van der Waals surface area contributed by atoms with Crippen molar-refractivity contribution >= 4 is 23.6 Å². The van der Waals surface area contributed by atoms with Crippen LogP contribution in [0.4, 0.5) is 0 Å². The molecule has 0 saturated carbocycles. The number of fused-ring (bicyclic) bond motifs is 1. The molecule has 7 nitrogen and oxygen atoms in total. The van der Waals surface area contributed by atoms with E-state index in [9.17, 15) is 4.79 Å². The molecule has 1 aromatic heterocycles. The van der Waals surface area contributed by atoms with Gasteiger partial charge in [0.05, 0.1) is 23.7 Å². The zero-order valence-corrected chi connectivity index (χ0v) is 20.3. The molecule has 1 aliphatic heterocycles. The Labute approximate surface area is 204 Å². The molecule has 0 aliphatic carbocycles. The molecule has 0 spiro atoms. The Bertz CT molecular complexity index is 1190. The summed E-state index contributed by atoms with van der Waals surface area (Å²) in [5.74, 6) is 2.10. The molecule has 1 atom stereocenters. The highest BCUT2D eigenvalue weighted by atomic mass is 35.5. The average molecular weight is 482 g/mol. The van der Waals surface area contributed by atoms with Crippen LogP contribution in [0.25, 0.3) is 17.5 Å². The summed E-state index contributed by atoms with van der Waals surface area (Å²) in [5, 5.41) is 8.74. The Kier molecular flexibility index (Phi) is 7.53. The lowest BCUT2D eigenvalue weighted by molar-refractivity contribution is -0.126. The van der Waals surface area contributed by atoms with Gasteiger partial charge in [0.2, 0.25) is 17.7 Å². The standard InChI is InChI=1S/C26H28ClN3O4/c1-4-12-30(16-24-28-29-26(34-24)20-8-6-7-9-21(20)27)25(31)11-10-18-14-23-19(13-17(3)33-23)15-22(18)32-5-2/h6-11,14-15,17H,4-5,12-13,16H2,1-3H3/b11-10+. The van der Waals surface area contributed by atoms with Gasteiger partial charge in [-0.15, -0.1) is 10.2 Å². The topological polar surface area (TPSA) is 77.7 Å². The fraction of sp³-hybridized carbons (Fsp3) is 0.346. The van der Waals surface area contributed by atoms with Crippen molar-refractivity contribution in [2.24, 2.45) is 0 Å². The van der Waals surface area contributed by atoms with Crippen molar-refractivity contribution in [3.05, 3.63) is 64.5 Å². The molecule has 0 radical (unpaired) electrons. The van der Waals surface area contributed by atoms with Gasteiger partial charge < -0.3 is 18.8 Å². The fourth-order valence-corrected chi connectivity index (χ4v) is 4.11. The predicted molar refractivity (Wildman–Crippen MR) is 131 cm³/mol. The van der Waals surface area contributed by atoms with Gasteiger partial charge in [-0.3, -0.25) is 4.79 Å². The molecule has 0 saturated heterocycles. The van der Waals surface area contributed by atoms with Crippen molar-refractivity contribution in [1.82, 2.24) is 15.1 Å². The molecule has 1 unspecified atom stereocenters. The number of rotatable bonds is 9. The Morgan fingerprint density at radius 1 is 1.26 bits per heavy atom. The molecule has 8 heteroatoms. The number of ether oxygens (including phenoxy) is 2. The Morgan fingerprint density at radius 3 is 2.85 bits per heavy atom. The zero-order chi connectivity index (χ0) is 24.1. The van der Waals surface area contributed by atoms with E-state index in [0.717, 1.165) is 35.5 Å². The quantitative estimate of drug-likeness (QED) is 0.372. The van der Waals surface area contributed by atoms with E-state index >= 15 is 0 Å². The van der Waals surface area contributed by atoms with Gasteiger partial charge in [-0.25, -0.2) is 0 Å². The summed E-state index contributed by atoms with van der Waals surface area (Å²) in [5.41, 5.74) is 2.59. The number of aromatic nitrogens is 2. The van der Waals surface area contributed by atoms with E-state index in [4.69, 9.17) is 25.5 Å². The number of hydrogen-bond acceptors (Lipinski definition) is 6. The van der Waals surface area contributed by atoms with E-state index in [0.29, 0.717) is 35.5 Å². The van der Waals surface area contributed by atoms with Crippen molar-refractivity contribution < 1.29 is 18.7 Å². The molecular formula is C26H28ClN3O4. The highest BCUT2D eigenvalue weighted by Crippen LogP contribution is 2.35. The summed E-state index contributed by atoms with van der Waals surface area (Å²) < 4.78 is 17.5. The summed E-state index contributed by atoms with van der Waals surface area (Å²) in [6.45, 7) is 7.29. The van der Waals surface area contributed by atoms with Crippen molar-refractivity contribution in [3.63, 3.8) is 0 Å². The van der Waals surface area contributed by atoms with E-state index in [1.807, 2.05) is 51.1 Å². The van der Waals surface area contributed by atoms with E-state index in [1.165, 1.54) is 0 Å². The number of benzene rings is 2. The lowest BCUT2D eigenvalue weighted by atomic mass is 10.1. The van der Waals surface area contributed by atoms with E-state index in [1.54, 1.807) is 23.1 Å². The SMILES string of the molecule is CCCN(Cc1nnc(-c2ccccc2Cl)o1)C(=O)/C=C/c1cc2c(cc1OCC)CC(C)O2. The molecule has 4 rings (SSSR count). The van der Waals surface area contributed by atoms with Gasteiger partial charge in [0.25, 0.3) is 0 Å². The number of carbonyl (C=O) groups excluding carboxylic acids is 1. The Balaban J connectivity index is 1.51. The summed E-state index contributed by atoms with van der Waals surface area (Å²) in [6, 6.07) is 11.2. The number of nitrogens with zero attached hydrogens (tertiary/aromatic N) is 3. The van der Waals surface area contributed by atoms with Crippen LogP contribution >= 0.6 is 11.6 Å². The van der Waals surface area contributed by atoms with Gasteiger partial charge in [0.1, 0.15) is 17.6 Å². The minimum absolute atomic E-state index is 0.135. The first-order valence-corrected chi connectivity index (χ1v) is 11.9. The molecule has 2 aromatic carbocycles. The lowest BCUT2D eigenvalue weighted by Gasteiger charge is -2.18. The third-order valence-electron chi connectivity index (χ3n) is 5.44. The monoisotopic (exact) mass is 481 g/mol. The van der Waals surface area contributed by atoms with Crippen LogP contribution in [-0.2, 0) is 17.8 Å². The first-order chi connectivity index (χ1) is 16.5. The molecule has 1 aliphatic rings. The third kappa shape index (κ3) is 5.42. The number of carbonyl (C=O) groups is 1. The van der Waals surface area contributed by atoms with Crippen molar-refractivity contribution in [3.8, 4) is 23.0 Å². The van der Waals surface area contributed by atoms with Crippen LogP contribution in [0.3, 0.4) is 0 Å². The minimum atomic E-state index is -0.156. The van der Waals surface area contributed by atoms with Crippen LogP contribution in [0.5, 0.6) is 11.5 Å². The highest BCUT2D eigenvalue weighted by molar-refractivity contribution is 6.33. The van der Waals surface area contributed by atoms with Crippen LogP contribution in [0.1, 0.15) is 44.2 Å². The molecular weight excluding hydrogens is 454 g/mol. The maximum Gasteiger partial charge on any atom is 0.249 e.